The highest BCUT2D eigenvalue weighted by atomic mass is 32.2. The Hall–Kier alpha value is -0.410. The summed E-state index contributed by atoms with van der Waals surface area (Å²) in [5, 5.41) is 6.48. The number of hydrogen-bond acceptors (Lipinski definition) is 5. The van der Waals surface area contributed by atoms with Crippen LogP contribution >= 0.6 is 12.2 Å². The molecule has 0 spiro atoms. The van der Waals surface area contributed by atoms with E-state index in [4.69, 9.17) is 12.2 Å². The Morgan fingerprint density at radius 1 is 0.800 bits per heavy atom. The quantitative estimate of drug-likeness (QED) is 0.429. The first-order valence-electron chi connectivity index (χ1n) is 6.47. The summed E-state index contributed by atoms with van der Waals surface area (Å²) in [6.45, 7) is 1.26. The molecule has 0 atom stereocenters. The minimum Gasteiger partial charge on any atom is -0.363 e. The van der Waals surface area contributed by atoms with Crippen LogP contribution in [0.15, 0.2) is 0 Å². The molecular weight excluding hydrogens is 320 g/mol. The van der Waals surface area contributed by atoms with Crippen LogP contribution in [-0.2, 0) is 19.7 Å². The van der Waals surface area contributed by atoms with Gasteiger partial charge in [0.25, 0.3) is 0 Å². The van der Waals surface area contributed by atoms with Crippen molar-refractivity contribution in [3.8, 4) is 0 Å². The van der Waals surface area contributed by atoms with Crippen LogP contribution in [0.25, 0.3) is 0 Å². The molecule has 0 aromatic rings. The Balaban J connectivity index is 3.46. The largest absolute Gasteiger partial charge is 0.363 e. The molecule has 9 heteroatoms. The second-order valence-electron chi connectivity index (χ2n) is 4.86. The molecule has 0 aromatic carbocycles. The fourth-order valence-electron chi connectivity index (χ4n) is 1.44. The molecule has 0 bridgehead atoms. The van der Waals surface area contributed by atoms with Gasteiger partial charge in [-0.1, -0.05) is 0 Å². The molecule has 20 heavy (non-hydrogen) atoms. The van der Waals surface area contributed by atoms with Crippen LogP contribution in [0.3, 0.4) is 0 Å². The van der Waals surface area contributed by atoms with Gasteiger partial charge in [-0.3, -0.25) is 0 Å². The average Bonchev–Trinajstić information content (AvgIpc) is 2.25. The normalized spacial score (nSPS) is 12.1. The predicted octanol–water partition coefficient (Wildman–Crippen LogP) is 0.100. The first-order valence-corrected chi connectivity index (χ1v) is 11.0. The van der Waals surface area contributed by atoms with Gasteiger partial charge in [0.2, 0.25) is 0 Å². The van der Waals surface area contributed by atoms with E-state index in [1.807, 2.05) is 0 Å². The van der Waals surface area contributed by atoms with Gasteiger partial charge in [0.05, 0.1) is 0 Å². The van der Waals surface area contributed by atoms with Crippen molar-refractivity contribution < 1.29 is 16.8 Å². The zero-order valence-electron chi connectivity index (χ0n) is 12.0. The molecule has 0 rings (SSSR count). The third-order valence-electron chi connectivity index (χ3n) is 2.45. The van der Waals surface area contributed by atoms with Crippen LogP contribution in [0, 0.1) is 0 Å². The van der Waals surface area contributed by atoms with Crippen LogP contribution in [-0.4, -0.2) is 59.1 Å². The summed E-state index contributed by atoms with van der Waals surface area (Å²) < 4.78 is 43.6. The predicted molar refractivity (Wildman–Crippen MR) is 86.5 cm³/mol. The lowest BCUT2D eigenvalue weighted by Gasteiger charge is -2.10. The second-order valence-corrected chi connectivity index (χ2v) is 9.78. The number of thiocarbonyl (C=S) groups is 1. The summed E-state index contributed by atoms with van der Waals surface area (Å²) in [6, 6.07) is 0. The van der Waals surface area contributed by atoms with Gasteiger partial charge in [0.1, 0.15) is 19.7 Å². The summed E-state index contributed by atoms with van der Waals surface area (Å²) in [7, 11) is -5.77. The van der Waals surface area contributed by atoms with E-state index in [1.54, 1.807) is 0 Å². The lowest BCUT2D eigenvalue weighted by atomic mass is 10.3. The van der Waals surface area contributed by atoms with Gasteiger partial charge in [0, 0.05) is 37.1 Å². The van der Waals surface area contributed by atoms with Crippen molar-refractivity contribution in [1.29, 1.82) is 0 Å². The third kappa shape index (κ3) is 15.6. The maximum atomic E-state index is 10.9. The van der Waals surface area contributed by atoms with E-state index in [1.165, 1.54) is 12.5 Å². The van der Waals surface area contributed by atoms with Gasteiger partial charge < -0.3 is 10.6 Å². The molecule has 0 aromatic heterocycles. The zero-order valence-corrected chi connectivity index (χ0v) is 14.5. The monoisotopic (exact) mass is 344 g/mol. The highest BCUT2D eigenvalue weighted by Crippen LogP contribution is 1.94. The van der Waals surface area contributed by atoms with E-state index in [2.05, 4.69) is 10.6 Å². The highest BCUT2D eigenvalue weighted by Gasteiger charge is 2.02. The SMILES string of the molecule is CS(=O)(=O)CCCCNC(=S)NCCCCS(C)(=O)=O. The molecule has 0 saturated carbocycles. The molecule has 0 heterocycles. The molecule has 0 aliphatic heterocycles. The van der Waals surface area contributed by atoms with E-state index >= 15 is 0 Å². The van der Waals surface area contributed by atoms with Crippen LogP contribution in [0.1, 0.15) is 25.7 Å². The van der Waals surface area contributed by atoms with Crippen molar-refractivity contribution in [2.75, 3.05) is 37.1 Å². The number of hydrogen-bond donors (Lipinski definition) is 2. The second kappa shape index (κ2) is 9.51. The van der Waals surface area contributed by atoms with Crippen molar-refractivity contribution in [3.63, 3.8) is 0 Å². The molecule has 120 valence electrons. The summed E-state index contributed by atoms with van der Waals surface area (Å²) >= 11 is 5.04. The van der Waals surface area contributed by atoms with Gasteiger partial charge in [-0.05, 0) is 37.9 Å². The standard InChI is InChI=1S/C11H24N2O4S3/c1-19(14,15)9-5-3-7-12-11(18)13-8-4-6-10-20(2,16)17/h3-10H2,1-2H3,(H2,12,13,18). The number of sulfone groups is 2. The molecular formula is C11H24N2O4S3. The Bertz CT molecular complexity index is 442. The maximum Gasteiger partial charge on any atom is 0.166 e. The van der Waals surface area contributed by atoms with Crippen molar-refractivity contribution in [1.82, 2.24) is 10.6 Å². The molecule has 2 N–H and O–H groups in total. The summed E-state index contributed by atoms with van der Waals surface area (Å²) in [5.74, 6) is 0.390. The van der Waals surface area contributed by atoms with E-state index < -0.39 is 19.7 Å². The molecule has 0 fully saturated rings. The highest BCUT2D eigenvalue weighted by molar-refractivity contribution is 7.90. The first kappa shape index (κ1) is 19.6. The van der Waals surface area contributed by atoms with Crippen molar-refractivity contribution in [2.24, 2.45) is 0 Å². The van der Waals surface area contributed by atoms with Crippen molar-refractivity contribution in [3.05, 3.63) is 0 Å². The van der Waals surface area contributed by atoms with Crippen LogP contribution in [0.5, 0.6) is 0 Å². The van der Waals surface area contributed by atoms with E-state index in [9.17, 15) is 16.8 Å². The number of rotatable bonds is 10. The smallest absolute Gasteiger partial charge is 0.166 e. The topological polar surface area (TPSA) is 92.3 Å². The fourth-order valence-corrected chi connectivity index (χ4v) is 3.11. The number of unbranched alkanes of at least 4 members (excludes halogenated alkanes) is 2. The minimum absolute atomic E-state index is 0.195. The molecule has 0 amide bonds. The molecule has 0 radical (unpaired) electrons. The summed E-state index contributed by atoms with van der Waals surface area (Å²) in [5.41, 5.74) is 0. The Labute approximate surface area is 127 Å². The molecule has 0 unspecified atom stereocenters. The summed E-state index contributed by atoms with van der Waals surface area (Å²) in [4.78, 5) is 0. The van der Waals surface area contributed by atoms with Crippen LogP contribution in [0.2, 0.25) is 0 Å². The van der Waals surface area contributed by atoms with Crippen LogP contribution in [0.4, 0.5) is 0 Å². The van der Waals surface area contributed by atoms with Crippen molar-refractivity contribution in [2.45, 2.75) is 25.7 Å². The third-order valence-corrected chi connectivity index (χ3v) is 4.80. The van der Waals surface area contributed by atoms with Gasteiger partial charge >= 0.3 is 0 Å². The average molecular weight is 345 g/mol. The van der Waals surface area contributed by atoms with Gasteiger partial charge in [0.15, 0.2) is 5.11 Å². The Morgan fingerprint density at radius 3 is 1.45 bits per heavy atom. The molecule has 0 aliphatic rings. The Kier molecular flexibility index (Phi) is 9.32. The molecule has 6 nitrogen and oxygen atoms in total. The van der Waals surface area contributed by atoms with Gasteiger partial charge in [-0.2, -0.15) is 0 Å². The number of nitrogens with one attached hydrogen (secondary N) is 2. The van der Waals surface area contributed by atoms with E-state index in [0.29, 0.717) is 31.0 Å². The van der Waals surface area contributed by atoms with Crippen molar-refractivity contribution >= 4 is 37.0 Å². The van der Waals surface area contributed by atoms with E-state index in [0.717, 1.165) is 12.8 Å². The molecule has 0 aliphatic carbocycles. The van der Waals surface area contributed by atoms with Gasteiger partial charge in [-0.15, -0.1) is 0 Å². The fraction of sp³-hybridized carbons (Fsp3) is 0.909. The maximum absolute atomic E-state index is 10.9. The minimum atomic E-state index is -2.88. The first-order chi connectivity index (χ1) is 9.10. The Morgan fingerprint density at radius 2 is 1.15 bits per heavy atom. The molecule has 0 saturated heterocycles. The lowest BCUT2D eigenvalue weighted by Crippen LogP contribution is -2.36. The zero-order chi connectivity index (χ0) is 15.6. The van der Waals surface area contributed by atoms with E-state index in [-0.39, 0.29) is 11.5 Å². The lowest BCUT2D eigenvalue weighted by molar-refractivity contribution is 0.595. The summed E-state index contributed by atoms with van der Waals surface area (Å²) in [6.07, 6.45) is 5.16. The van der Waals surface area contributed by atoms with Crippen LogP contribution < -0.4 is 10.6 Å². The van der Waals surface area contributed by atoms with Gasteiger partial charge in [-0.25, -0.2) is 16.8 Å².